The van der Waals surface area contributed by atoms with Crippen LogP contribution in [0, 0.1) is 0 Å². The van der Waals surface area contributed by atoms with Crippen LogP contribution in [0.3, 0.4) is 0 Å². The number of nitrogens with one attached hydrogen (secondary N) is 1. The average molecular weight is 413 g/mol. The molecular weight excluding hydrogens is 380 g/mol. The van der Waals surface area contributed by atoms with Gasteiger partial charge in [-0.15, -0.1) is 0 Å². The Kier molecular flexibility index (Phi) is 8.71. The maximum atomic E-state index is 13.0. The van der Waals surface area contributed by atoms with Crippen molar-refractivity contribution in [2.45, 2.75) is 46.2 Å². The van der Waals surface area contributed by atoms with Crippen LogP contribution in [0.15, 0.2) is 48.5 Å². The first kappa shape index (κ1) is 23.3. The third-order valence-corrected chi connectivity index (χ3v) is 4.91. The van der Waals surface area contributed by atoms with Gasteiger partial charge in [-0.2, -0.15) is 0 Å². The van der Waals surface area contributed by atoms with Crippen molar-refractivity contribution in [3.8, 4) is 11.5 Å². The van der Waals surface area contributed by atoms with E-state index in [0.29, 0.717) is 24.0 Å². The van der Waals surface area contributed by atoms with Gasteiger partial charge in [-0.1, -0.05) is 38.1 Å². The first-order chi connectivity index (χ1) is 14.3. The van der Waals surface area contributed by atoms with Crippen LogP contribution in [0.5, 0.6) is 11.5 Å². The summed E-state index contributed by atoms with van der Waals surface area (Å²) in [4.78, 5) is 26.9. The fourth-order valence-corrected chi connectivity index (χ4v) is 3.05. The van der Waals surface area contributed by atoms with E-state index in [1.807, 2.05) is 55.5 Å². The summed E-state index contributed by atoms with van der Waals surface area (Å²) in [5, 5.41) is 2.78. The molecule has 2 aromatic carbocycles. The minimum atomic E-state index is -0.629. The van der Waals surface area contributed by atoms with Gasteiger partial charge in [-0.05, 0) is 55.2 Å². The molecule has 0 aromatic heterocycles. The molecule has 0 aliphatic carbocycles. The summed E-state index contributed by atoms with van der Waals surface area (Å²) in [7, 11) is 1.59. The number of carbonyl (C=O) groups is 2. The number of nitrogens with zero attached hydrogens (tertiary/aromatic N) is 1. The highest BCUT2D eigenvalue weighted by molar-refractivity contribution is 5.87. The summed E-state index contributed by atoms with van der Waals surface area (Å²) in [6.07, 6.45) is 0. The minimum absolute atomic E-state index is 0.144. The molecule has 2 rings (SSSR count). The third kappa shape index (κ3) is 6.51. The van der Waals surface area contributed by atoms with Crippen molar-refractivity contribution in [1.29, 1.82) is 0 Å². The molecule has 0 heterocycles. The van der Waals surface area contributed by atoms with E-state index in [1.165, 1.54) is 10.5 Å². The van der Waals surface area contributed by atoms with Crippen LogP contribution in [0.4, 0.5) is 0 Å². The molecular formula is C24H32N2O4. The SMILES string of the molecule is CCNC(=O)C(C)N(Cc1cccc(OC)c1)C(=O)COc1ccc(C(C)C)cc1. The molecule has 6 nitrogen and oxygen atoms in total. The summed E-state index contributed by atoms with van der Waals surface area (Å²) in [5.74, 6) is 1.29. The molecule has 162 valence electrons. The van der Waals surface area contributed by atoms with Crippen LogP contribution >= 0.6 is 0 Å². The molecule has 0 aliphatic heterocycles. The first-order valence-electron chi connectivity index (χ1n) is 10.3. The van der Waals surface area contributed by atoms with Gasteiger partial charge < -0.3 is 19.7 Å². The molecule has 2 aromatic rings. The lowest BCUT2D eigenvalue weighted by Crippen LogP contribution is -2.49. The lowest BCUT2D eigenvalue weighted by molar-refractivity contribution is -0.142. The summed E-state index contributed by atoms with van der Waals surface area (Å²) in [6, 6.07) is 14.5. The molecule has 0 bridgehead atoms. The van der Waals surface area contributed by atoms with Gasteiger partial charge in [0.2, 0.25) is 5.91 Å². The molecule has 1 atom stereocenters. The van der Waals surface area contributed by atoms with E-state index in [0.717, 1.165) is 5.56 Å². The number of amides is 2. The minimum Gasteiger partial charge on any atom is -0.497 e. The Morgan fingerprint density at radius 3 is 2.33 bits per heavy atom. The Bertz CT molecular complexity index is 833. The van der Waals surface area contributed by atoms with Crippen LogP contribution < -0.4 is 14.8 Å². The Morgan fingerprint density at radius 2 is 1.73 bits per heavy atom. The van der Waals surface area contributed by atoms with E-state index in [9.17, 15) is 9.59 Å². The second kappa shape index (κ2) is 11.2. The number of methoxy groups -OCH3 is 1. The van der Waals surface area contributed by atoms with Crippen molar-refractivity contribution in [1.82, 2.24) is 10.2 Å². The van der Waals surface area contributed by atoms with E-state index in [2.05, 4.69) is 19.2 Å². The van der Waals surface area contributed by atoms with Crippen LogP contribution in [0.2, 0.25) is 0 Å². The van der Waals surface area contributed by atoms with Gasteiger partial charge in [0.05, 0.1) is 7.11 Å². The van der Waals surface area contributed by atoms with Crippen molar-refractivity contribution < 1.29 is 19.1 Å². The zero-order valence-corrected chi connectivity index (χ0v) is 18.5. The molecule has 0 fully saturated rings. The van der Waals surface area contributed by atoms with E-state index >= 15 is 0 Å². The first-order valence-corrected chi connectivity index (χ1v) is 10.3. The van der Waals surface area contributed by atoms with Crippen molar-refractivity contribution in [2.75, 3.05) is 20.3 Å². The van der Waals surface area contributed by atoms with Crippen molar-refractivity contribution in [2.24, 2.45) is 0 Å². The fraction of sp³-hybridized carbons (Fsp3) is 0.417. The highest BCUT2D eigenvalue weighted by atomic mass is 16.5. The zero-order chi connectivity index (χ0) is 22.1. The molecule has 0 spiro atoms. The van der Waals surface area contributed by atoms with Crippen LogP contribution in [0.25, 0.3) is 0 Å². The van der Waals surface area contributed by atoms with E-state index in [-0.39, 0.29) is 25.0 Å². The predicted octanol–water partition coefficient (Wildman–Crippen LogP) is 3.75. The maximum absolute atomic E-state index is 13.0. The van der Waals surface area contributed by atoms with E-state index in [4.69, 9.17) is 9.47 Å². The fourth-order valence-electron chi connectivity index (χ4n) is 3.05. The van der Waals surface area contributed by atoms with E-state index < -0.39 is 6.04 Å². The van der Waals surface area contributed by atoms with Gasteiger partial charge in [0.25, 0.3) is 5.91 Å². The molecule has 2 amide bonds. The molecule has 0 saturated carbocycles. The number of hydrogen-bond donors (Lipinski definition) is 1. The number of hydrogen-bond acceptors (Lipinski definition) is 4. The summed E-state index contributed by atoms with van der Waals surface area (Å²) >= 11 is 0. The second-order valence-corrected chi connectivity index (χ2v) is 7.46. The highest BCUT2D eigenvalue weighted by Gasteiger charge is 2.26. The number of ether oxygens (including phenoxy) is 2. The largest absolute Gasteiger partial charge is 0.497 e. The molecule has 1 unspecified atom stereocenters. The summed E-state index contributed by atoms with van der Waals surface area (Å²) in [6.45, 7) is 8.46. The lowest BCUT2D eigenvalue weighted by Gasteiger charge is -2.28. The maximum Gasteiger partial charge on any atom is 0.261 e. The summed E-state index contributed by atoms with van der Waals surface area (Å²) < 4.78 is 11.0. The monoisotopic (exact) mass is 412 g/mol. The standard InChI is InChI=1S/C24H32N2O4/c1-6-25-24(28)18(4)26(15-19-8-7-9-22(14-19)29-5)23(27)16-30-21-12-10-20(11-13-21)17(2)3/h7-14,17-18H,6,15-16H2,1-5H3,(H,25,28). The number of likely N-dealkylation sites (N-methyl/N-ethyl adjacent to an activating group) is 1. The van der Waals surface area contributed by atoms with Gasteiger partial charge in [-0.3, -0.25) is 9.59 Å². The van der Waals surface area contributed by atoms with Gasteiger partial charge >= 0.3 is 0 Å². The topological polar surface area (TPSA) is 67.9 Å². The Hall–Kier alpha value is -3.02. The number of rotatable bonds is 10. The van der Waals surface area contributed by atoms with Crippen LogP contribution in [0.1, 0.15) is 44.7 Å². The summed E-state index contributed by atoms with van der Waals surface area (Å²) in [5.41, 5.74) is 2.08. The average Bonchev–Trinajstić information content (AvgIpc) is 2.75. The van der Waals surface area contributed by atoms with Crippen LogP contribution in [-0.4, -0.2) is 43.0 Å². The van der Waals surface area contributed by atoms with Crippen LogP contribution in [-0.2, 0) is 16.1 Å². The smallest absolute Gasteiger partial charge is 0.261 e. The quantitative estimate of drug-likeness (QED) is 0.645. The molecule has 6 heteroatoms. The Morgan fingerprint density at radius 1 is 1.03 bits per heavy atom. The highest BCUT2D eigenvalue weighted by Crippen LogP contribution is 2.19. The van der Waals surface area contributed by atoms with Crippen molar-refractivity contribution in [3.05, 3.63) is 59.7 Å². The van der Waals surface area contributed by atoms with E-state index in [1.54, 1.807) is 14.0 Å². The predicted molar refractivity (Wildman–Crippen MR) is 118 cm³/mol. The number of benzene rings is 2. The normalized spacial score (nSPS) is 11.7. The van der Waals surface area contributed by atoms with Gasteiger partial charge in [0, 0.05) is 13.1 Å². The van der Waals surface area contributed by atoms with Gasteiger partial charge in [0.1, 0.15) is 17.5 Å². The molecule has 30 heavy (non-hydrogen) atoms. The molecule has 0 radical (unpaired) electrons. The Balaban J connectivity index is 2.13. The Labute approximate surface area is 179 Å². The van der Waals surface area contributed by atoms with Gasteiger partial charge in [0.15, 0.2) is 6.61 Å². The molecule has 0 saturated heterocycles. The second-order valence-electron chi connectivity index (χ2n) is 7.46. The zero-order valence-electron chi connectivity index (χ0n) is 18.5. The number of carbonyl (C=O) groups excluding carboxylic acids is 2. The van der Waals surface area contributed by atoms with Crippen molar-refractivity contribution in [3.63, 3.8) is 0 Å². The lowest BCUT2D eigenvalue weighted by atomic mass is 10.0. The van der Waals surface area contributed by atoms with Gasteiger partial charge in [-0.25, -0.2) is 0 Å². The third-order valence-electron chi connectivity index (χ3n) is 4.91. The molecule has 0 aliphatic rings. The molecule has 1 N–H and O–H groups in total. The van der Waals surface area contributed by atoms with Crippen molar-refractivity contribution >= 4 is 11.8 Å².